The Kier molecular flexibility index (Phi) is 3.49. The third-order valence-electron chi connectivity index (χ3n) is 2.54. The summed E-state index contributed by atoms with van der Waals surface area (Å²) in [6, 6.07) is 3.73. The highest BCUT2D eigenvalue weighted by molar-refractivity contribution is 7.99. The number of halogens is 3. The highest BCUT2D eigenvalue weighted by atomic mass is 32.2. The average Bonchev–Trinajstić information content (AvgIpc) is 2.59. The van der Waals surface area contributed by atoms with Gasteiger partial charge < -0.3 is 10.2 Å². The zero-order valence-electron chi connectivity index (χ0n) is 10.2. The molecule has 0 aliphatic heterocycles. The van der Waals surface area contributed by atoms with Crippen LogP contribution in [0, 0.1) is 13.8 Å². The number of hydrogen-bond donors (Lipinski definition) is 1. The number of benzene rings is 1. The standard InChI is InChI=1S/C12H11F3N2OS/c1-6-7(2)18-11(17-6)19-8-3-4-10(16)9(5-8)12(13,14)15/h3-5H,16H2,1-2H3. The van der Waals surface area contributed by atoms with Gasteiger partial charge in [-0.15, -0.1) is 0 Å². The molecular weight excluding hydrogens is 277 g/mol. The largest absolute Gasteiger partial charge is 0.436 e. The molecule has 2 N–H and O–H groups in total. The van der Waals surface area contributed by atoms with Crippen LogP contribution in [0.1, 0.15) is 17.0 Å². The van der Waals surface area contributed by atoms with E-state index in [1.54, 1.807) is 13.8 Å². The monoisotopic (exact) mass is 288 g/mol. The predicted octanol–water partition coefficient (Wildman–Crippen LogP) is 4.04. The molecule has 3 nitrogen and oxygen atoms in total. The smallest absolute Gasteiger partial charge is 0.418 e. The molecule has 0 bridgehead atoms. The third-order valence-corrected chi connectivity index (χ3v) is 3.38. The maximum absolute atomic E-state index is 12.7. The van der Waals surface area contributed by atoms with E-state index in [0.29, 0.717) is 21.6 Å². The summed E-state index contributed by atoms with van der Waals surface area (Å²) in [6.07, 6.45) is -4.47. The van der Waals surface area contributed by atoms with E-state index in [4.69, 9.17) is 10.2 Å². The van der Waals surface area contributed by atoms with E-state index in [1.165, 1.54) is 12.1 Å². The van der Waals surface area contributed by atoms with Crippen LogP contribution < -0.4 is 5.73 Å². The Morgan fingerprint density at radius 3 is 2.47 bits per heavy atom. The van der Waals surface area contributed by atoms with E-state index in [-0.39, 0.29) is 5.69 Å². The van der Waals surface area contributed by atoms with Gasteiger partial charge >= 0.3 is 6.18 Å². The summed E-state index contributed by atoms with van der Waals surface area (Å²) in [4.78, 5) is 4.48. The summed E-state index contributed by atoms with van der Waals surface area (Å²) in [6.45, 7) is 3.52. The molecule has 2 rings (SSSR count). The van der Waals surface area contributed by atoms with Crippen molar-refractivity contribution < 1.29 is 17.6 Å². The summed E-state index contributed by atoms with van der Waals surface area (Å²) in [5.74, 6) is 0.647. The van der Waals surface area contributed by atoms with Crippen molar-refractivity contribution in [2.45, 2.75) is 30.1 Å². The highest BCUT2D eigenvalue weighted by Gasteiger charge is 2.33. The van der Waals surface area contributed by atoms with Crippen molar-refractivity contribution in [1.29, 1.82) is 0 Å². The van der Waals surface area contributed by atoms with E-state index in [9.17, 15) is 13.2 Å². The SMILES string of the molecule is Cc1nc(Sc2ccc(N)c(C(F)(F)F)c2)oc1C. The molecule has 0 radical (unpaired) electrons. The van der Waals surface area contributed by atoms with Gasteiger partial charge in [0, 0.05) is 10.6 Å². The molecule has 0 spiro atoms. The Hall–Kier alpha value is -1.63. The minimum absolute atomic E-state index is 0.295. The first-order chi connectivity index (χ1) is 8.77. The first-order valence-corrected chi connectivity index (χ1v) is 6.17. The molecule has 0 saturated heterocycles. The third kappa shape index (κ3) is 3.04. The number of aryl methyl sites for hydroxylation is 2. The molecule has 1 aromatic heterocycles. The van der Waals surface area contributed by atoms with E-state index in [2.05, 4.69) is 4.98 Å². The normalized spacial score (nSPS) is 11.8. The Bertz CT molecular complexity index is 588. The number of nitrogens with zero attached hydrogens (tertiary/aromatic N) is 1. The van der Waals surface area contributed by atoms with E-state index < -0.39 is 11.7 Å². The van der Waals surface area contributed by atoms with Crippen molar-refractivity contribution in [2.24, 2.45) is 0 Å². The van der Waals surface area contributed by atoms with Crippen LogP contribution in [0.5, 0.6) is 0 Å². The summed E-state index contributed by atoms with van der Waals surface area (Å²) in [7, 11) is 0. The minimum Gasteiger partial charge on any atom is -0.436 e. The molecule has 0 amide bonds. The number of oxazole rings is 1. The van der Waals surface area contributed by atoms with E-state index in [1.807, 2.05) is 0 Å². The number of rotatable bonds is 2. The Morgan fingerprint density at radius 1 is 1.26 bits per heavy atom. The van der Waals surface area contributed by atoms with Crippen LogP contribution in [0.3, 0.4) is 0 Å². The van der Waals surface area contributed by atoms with Crippen molar-refractivity contribution in [3.63, 3.8) is 0 Å². The number of anilines is 1. The summed E-state index contributed by atoms with van der Waals surface area (Å²) in [5.41, 5.74) is 4.90. The summed E-state index contributed by atoms with van der Waals surface area (Å²) >= 11 is 1.03. The summed E-state index contributed by atoms with van der Waals surface area (Å²) in [5, 5.41) is 0.313. The Morgan fingerprint density at radius 2 is 1.95 bits per heavy atom. The van der Waals surface area contributed by atoms with Crippen molar-refractivity contribution >= 4 is 17.4 Å². The molecule has 0 unspecified atom stereocenters. The van der Waals surface area contributed by atoms with Crippen LogP contribution in [-0.4, -0.2) is 4.98 Å². The van der Waals surface area contributed by atoms with E-state index in [0.717, 1.165) is 17.8 Å². The quantitative estimate of drug-likeness (QED) is 0.847. The van der Waals surface area contributed by atoms with Gasteiger partial charge in [0.15, 0.2) is 0 Å². The molecule has 0 fully saturated rings. The molecule has 1 aromatic carbocycles. The molecule has 0 atom stereocenters. The van der Waals surface area contributed by atoms with Gasteiger partial charge in [0.2, 0.25) is 0 Å². The highest BCUT2D eigenvalue weighted by Crippen LogP contribution is 2.37. The zero-order valence-corrected chi connectivity index (χ0v) is 11.0. The fourth-order valence-electron chi connectivity index (χ4n) is 1.43. The second kappa shape index (κ2) is 4.80. The number of alkyl halides is 3. The lowest BCUT2D eigenvalue weighted by Gasteiger charge is -2.10. The van der Waals surface area contributed by atoms with Gasteiger partial charge in [0.25, 0.3) is 5.22 Å². The molecule has 2 aromatic rings. The van der Waals surface area contributed by atoms with E-state index >= 15 is 0 Å². The summed E-state index contributed by atoms with van der Waals surface area (Å²) < 4.78 is 43.4. The van der Waals surface area contributed by atoms with Gasteiger partial charge in [-0.1, -0.05) is 0 Å². The molecule has 0 saturated carbocycles. The topological polar surface area (TPSA) is 52.0 Å². The molecule has 0 aliphatic carbocycles. The molecule has 102 valence electrons. The van der Waals surface area contributed by atoms with Crippen LogP contribution in [-0.2, 0) is 6.18 Å². The number of nitrogens with two attached hydrogens (primary N) is 1. The van der Waals surface area contributed by atoms with Gasteiger partial charge in [0.1, 0.15) is 5.76 Å². The Balaban J connectivity index is 2.31. The van der Waals surface area contributed by atoms with Crippen LogP contribution in [0.15, 0.2) is 32.7 Å². The molecule has 19 heavy (non-hydrogen) atoms. The number of nitrogen functional groups attached to an aromatic ring is 1. The van der Waals surface area contributed by atoms with Gasteiger partial charge in [-0.25, -0.2) is 4.98 Å². The lowest BCUT2D eigenvalue weighted by molar-refractivity contribution is -0.137. The maximum atomic E-state index is 12.7. The fourth-order valence-corrected chi connectivity index (χ4v) is 2.30. The van der Waals surface area contributed by atoms with Crippen LogP contribution >= 0.6 is 11.8 Å². The number of hydrogen-bond acceptors (Lipinski definition) is 4. The first kappa shape index (κ1) is 13.8. The van der Waals surface area contributed by atoms with Gasteiger partial charge in [-0.2, -0.15) is 13.2 Å². The lowest BCUT2D eigenvalue weighted by Crippen LogP contribution is -2.08. The van der Waals surface area contributed by atoms with Crippen molar-refractivity contribution in [3.05, 3.63) is 35.2 Å². The predicted molar refractivity (Wildman–Crippen MR) is 66.0 cm³/mol. The van der Waals surface area contributed by atoms with Crippen LogP contribution in [0.4, 0.5) is 18.9 Å². The maximum Gasteiger partial charge on any atom is 0.418 e. The molecule has 0 aliphatic rings. The van der Waals surface area contributed by atoms with Gasteiger partial charge in [-0.3, -0.25) is 0 Å². The molecular formula is C12H11F3N2OS. The van der Waals surface area contributed by atoms with Crippen molar-refractivity contribution in [1.82, 2.24) is 4.98 Å². The Labute approximate surface area is 112 Å². The van der Waals surface area contributed by atoms with Crippen molar-refractivity contribution in [3.8, 4) is 0 Å². The number of aromatic nitrogens is 1. The lowest BCUT2D eigenvalue weighted by atomic mass is 10.2. The van der Waals surface area contributed by atoms with Crippen LogP contribution in [0.25, 0.3) is 0 Å². The minimum atomic E-state index is -4.47. The van der Waals surface area contributed by atoms with Gasteiger partial charge in [-0.05, 0) is 43.8 Å². The van der Waals surface area contributed by atoms with Crippen molar-refractivity contribution in [2.75, 3.05) is 5.73 Å². The molecule has 1 heterocycles. The first-order valence-electron chi connectivity index (χ1n) is 5.36. The second-order valence-electron chi connectivity index (χ2n) is 3.97. The fraction of sp³-hybridized carbons (Fsp3) is 0.250. The van der Waals surface area contributed by atoms with Crippen LogP contribution in [0.2, 0.25) is 0 Å². The second-order valence-corrected chi connectivity index (χ2v) is 5.00. The average molecular weight is 288 g/mol. The molecule has 7 heteroatoms. The van der Waals surface area contributed by atoms with Gasteiger partial charge in [0.05, 0.1) is 11.3 Å². The zero-order chi connectivity index (χ0) is 14.2.